The monoisotopic (exact) mass is 236 g/mol. The molecular formula is C14H24N2O. The minimum absolute atomic E-state index is 0.148. The van der Waals surface area contributed by atoms with Gasteiger partial charge < -0.3 is 15.3 Å². The molecule has 0 fully saturated rings. The van der Waals surface area contributed by atoms with Crippen LogP contribution in [0.25, 0.3) is 0 Å². The van der Waals surface area contributed by atoms with E-state index >= 15 is 0 Å². The zero-order valence-corrected chi connectivity index (χ0v) is 10.9. The van der Waals surface area contributed by atoms with Crippen molar-refractivity contribution >= 4 is 5.69 Å². The number of aliphatic hydroxyl groups is 1. The fraction of sp³-hybridized carbons (Fsp3) is 0.571. The molecule has 0 aliphatic carbocycles. The fourth-order valence-corrected chi connectivity index (χ4v) is 1.86. The number of aliphatic hydroxyl groups excluding tert-OH is 1. The molecule has 0 saturated carbocycles. The molecule has 0 aromatic heterocycles. The lowest BCUT2D eigenvalue weighted by Gasteiger charge is -2.28. The Balaban J connectivity index is 2.56. The van der Waals surface area contributed by atoms with Crippen molar-refractivity contribution in [1.29, 1.82) is 0 Å². The summed E-state index contributed by atoms with van der Waals surface area (Å²) in [5, 5.41) is 12.7. The Morgan fingerprint density at radius 3 is 2.47 bits per heavy atom. The van der Waals surface area contributed by atoms with Gasteiger partial charge in [-0.15, -0.1) is 0 Å². The molecule has 0 spiro atoms. The minimum Gasteiger partial charge on any atom is -0.395 e. The Kier molecular flexibility index (Phi) is 6.67. The summed E-state index contributed by atoms with van der Waals surface area (Å²) in [6, 6.07) is 10.5. The number of hydrogen-bond donors (Lipinski definition) is 2. The molecule has 0 aliphatic heterocycles. The molecule has 1 aromatic rings. The van der Waals surface area contributed by atoms with Gasteiger partial charge in [0.1, 0.15) is 0 Å². The molecule has 0 radical (unpaired) electrons. The maximum Gasteiger partial charge on any atom is 0.0601 e. The number of para-hydroxylation sites is 1. The van der Waals surface area contributed by atoms with Gasteiger partial charge in [0.05, 0.1) is 6.61 Å². The van der Waals surface area contributed by atoms with Crippen LogP contribution in [0.15, 0.2) is 30.3 Å². The van der Waals surface area contributed by atoms with Gasteiger partial charge in [-0.1, -0.05) is 25.1 Å². The number of anilines is 1. The Hall–Kier alpha value is -1.06. The standard InChI is InChI=1S/C14H24N2O/c1-3-10-15-13(12-17)11-16(4-2)14-8-6-5-7-9-14/h5-9,13,15,17H,3-4,10-12H2,1-2H3. The summed E-state index contributed by atoms with van der Waals surface area (Å²) in [6.07, 6.45) is 1.09. The minimum atomic E-state index is 0.148. The highest BCUT2D eigenvalue weighted by molar-refractivity contribution is 5.45. The zero-order chi connectivity index (χ0) is 12.5. The van der Waals surface area contributed by atoms with Gasteiger partial charge in [-0.25, -0.2) is 0 Å². The normalized spacial score (nSPS) is 12.4. The quantitative estimate of drug-likeness (QED) is 0.723. The predicted molar refractivity (Wildman–Crippen MR) is 73.5 cm³/mol. The van der Waals surface area contributed by atoms with Crippen molar-refractivity contribution in [2.24, 2.45) is 0 Å². The van der Waals surface area contributed by atoms with Gasteiger partial charge in [0.15, 0.2) is 0 Å². The Bertz CT molecular complexity index is 290. The molecule has 1 aromatic carbocycles. The van der Waals surface area contributed by atoms with Gasteiger partial charge in [-0.3, -0.25) is 0 Å². The maximum atomic E-state index is 9.35. The second-order valence-electron chi connectivity index (χ2n) is 4.21. The summed E-state index contributed by atoms with van der Waals surface area (Å²) in [6.45, 7) is 7.21. The fourth-order valence-electron chi connectivity index (χ4n) is 1.86. The Morgan fingerprint density at radius 1 is 1.24 bits per heavy atom. The first kappa shape index (κ1) is 14.0. The number of benzene rings is 1. The molecule has 2 N–H and O–H groups in total. The topological polar surface area (TPSA) is 35.5 Å². The van der Waals surface area contributed by atoms with E-state index in [-0.39, 0.29) is 12.6 Å². The lowest BCUT2D eigenvalue weighted by molar-refractivity contribution is 0.244. The SMILES string of the molecule is CCCNC(CO)CN(CC)c1ccccc1. The molecule has 1 rings (SSSR count). The van der Waals surface area contributed by atoms with Crippen LogP contribution in [-0.4, -0.2) is 37.4 Å². The second kappa shape index (κ2) is 8.09. The summed E-state index contributed by atoms with van der Waals surface area (Å²) in [5.74, 6) is 0. The van der Waals surface area contributed by atoms with Crippen LogP contribution < -0.4 is 10.2 Å². The summed E-state index contributed by atoms with van der Waals surface area (Å²) < 4.78 is 0. The summed E-state index contributed by atoms with van der Waals surface area (Å²) in [4.78, 5) is 2.28. The molecule has 96 valence electrons. The average molecular weight is 236 g/mol. The second-order valence-corrected chi connectivity index (χ2v) is 4.21. The van der Waals surface area contributed by atoms with E-state index in [0.29, 0.717) is 0 Å². The number of nitrogens with zero attached hydrogens (tertiary/aromatic N) is 1. The van der Waals surface area contributed by atoms with Gasteiger partial charge in [-0.2, -0.15) is 0 Å². The third kappa shape index (κ3) is 4.75. The van der Waals surface area contributed by atoms with Crippen molar-refractivity contribution in [1.82, 2.24) is 5.32 Å². The van der Waals surface area contributed by atoms with Crippen molar-refractivity contribution in [3.05, 3.63) is 30.3 Å². The van der Waals surface area contributed by atoms with Crippen LogP contribution in [0.2, 0.25) is 0 Å². The highest BCUT2D eigenvalue weighted by Crippen LogP contribution is 2.12. The predicted octanol–water partition coefficient (Wildman–Crippen LogP) is 1.87. The van der Waals surface area contributed by atoms with Crippen LogP contribution in [0.3, 0.4) is 0 Å². The van der Waals surface area contributed by atoms with Crippen LogP contribution in [0, 0.1) is 0 Å². The van der Waals surface area contributed by atoms with Crippen molar-refractivity contribution in [2.75, 3.05) is 31.1 Å². The largest absolute Gasteiger partial charge is 0.395 e. The first-order chi connectivity index (χ1) is 8.31. The molecule has 1 atom stereocenters. The highest BCUT2D eigenvalue weighted by atomic mass is 16.3. The number of rotatable bonds is 8. The maximum absolute atomic E-state index is 9.35. The van der Waals surface area contributed by atoms with Gasteiger partial charge in [0.25, 0.3) is 0 Å². The van der Waals surface area contributed by atoms with E-state index in [0.717, 1.165) is 26.1 Å². The van der Waals surface area contributed by atoms with E-state index in [1.807, 2.05) is 18.2 Å². The van der Waals surface area contributed by atoms with Crippen LogP contribution in [0.1, 0.15) is 20.3 Å². The van der Waals surface area contributed by atoms with Crippen molar-refractivity contribution in [3.63, 3.8) is 0 Å². The molecule has 0 heterocycles. The molecule has 3 nitrogen and oxygen atoms in total. The van der Waals surface area contributed by atoms with Crippen molar-refractivity contribution in [2.45, 2.75) is 26.3 Å². The van der Waals surface area contributed by atoms with Crippen LogP contribution >= 0.6 is 0 Å². The van der Waals surface area contributed by atoms with E-state index < -0.39 is 0 Å². The van der Waals surface area contributed by atoms with Crippen molar-refractivity contribution in [3.8, 4) is 0 Å². The van der Waals surface area contributed by atoms with Gasteiger partial charge in [0, 0.05) is 24.8 Å². The van der Waals surface area contributed by atoms with Crippen molar-refractivity contribution < 1.29 is 5.11 Å². The van der Waals surface area contributed by atoms with E-state index in [1.54, 1.807) is 0 Å². The van der Waals surface area contributed by atoms with Gasteiger partial charge >= 0.3 is 0 Å². The number of nitrogens with one attached hydrogen (secondary N) is 1. The third-order valence-electron chi connectivity index (χ3n) is 2.85. The Labute approximate surface area is 104 Å². The lowest BCUT2D eigenvalue weighted by atomic mass is 10.2. The molecule has 0 bridgehead atoms. The van der Waals surface area contributed by atoms with E-state index in [2.05, 4.69) is 36.2 Å². The molecule has 0 aliphatic rings. The molecule has 1 unspecified atom stereocenters. The Morgan fingerprint density at radius 2 is 1.94 bits per heavy atom. The van der Waals surface area contributed by atoms with Gasteiger partial charge in [0.2, 0.25) is 0 Å². The van der Waals surface area contributed by atoms with Crippen LogP contribution in [0.5, 0.6) is 0 Å². The first-order valence-corrected chi connectivity index (χ1v) is 6.46. The van der Waals surface area contributed by atoms with Gasteiger partial charge in [-0.05, 0) is 32.0 Å². The molecule has 0 saturated heterocycles. The first-order valence-electron chi connectivity index (χ1n) is 6.46. The van der Waals surface area contributed by atoms with Crippen LogP contribution in [-0.2, 0) is 0 Å². The number of likely N-dealkylation sites (N-methyl/N-ethyl adjacent to an activating group) is 1. The highest BCUT2D eigenvalue weighted by Gasteiger charge is 2.11. The average Bonchev–Trinajstić information content (AvgIpc) is 2.40. The number of hydrogen-bond acceptors (Lipinski definition) is 3. The van der Waals surface area contributed by atoms with E-state index in [4.69, 9.17) is 0 Å². The van der Waals surface area contributed by atoms with E-state index in [1.165, 1.54) is 5.69 Å². The summed E-state index contributed by atoms with van der Waals surface area (Å²) in [5.41, 5.74) is 1.21. The summed E-state index contributed by atoms with van der Waals surface area (Å²) in [7, 11) is 0. The summed E-state index contributed by atoms with van der Waals surface area (Å²) >= 11 is 0. The molecule has 17 heavy (non-hydrogen) atoms. The van der Waals surface area contributed by atoms with Crippen LogP contribution in [0.4, 0.5) is 5.69 Å². The van der Waals surface area contributed by atoms with E-state index in [9.17, 15) is 5.11 Å². The molecule has 0 amide bonds. The molecular weight excluding hydrogens is 212 g/mol. The third-order valence-corrected chi connectivity index (χ3v) is 2.85. The zero-order valence-electron chi connectivity index (χ0n) is 10.9. The molecule has 3 heteroatoms. The lowest BCUT2D eigenvalue weighted by Crippen LogP contribution is -2.43. The smallest absolute Gasteiger partial charge is 0.0601 e.